The van der Waals surface area contributed by atoms with E-state index < -0.39 is 20.7 Å². The zero-order valence-electron chi connectivity index (χ0n) is 14.4. The van der Waals surface area contributed by atoms with Gasteiger partial charge in [0.15, 0.2) is 0 Å². The van der Waals surface area contributed by atoms with Crippen molar-refractivity contribution in [2.45, 2.75) is 12.2 Å². The molecule has 0 aliphatic rings. The average Bonchev–Trinajstić information content (AvgIpc) is 2.64. The van der Waals surface area contributed by atoms with Gasteiger partial charge < -0.3 is 0 Å². The summed E-state index contributed by atoms with van der Waals surface area (Å²) < 4.78 is 27.2. The topological polar surface area (TPSA) is 89.3 Å². The highest BCUT2D eigenvalue weighted by molar-refractivity contribution is 7.91. The standard InChI is InChI=1S/C20H18N2O4S/c23-22(24)20-9-5-4-8-18(20)15-27(25,26)21-19-12-10-17(11-13-19)14-16-6-2-1-3-7-16/h1-13,21H,14-15H2. The molecule has 0 saturated carbocycles. The van der Waals surface area contributed by atoms with E-state index in [-0.39, 0.29) is 11.3 Å². The molecular formula is C20H18N2O4S. The van der Waals surface area contributed by atoms with Gasteiger partial charge in [0.25, 0.3) is 5.69 Å². The van der Waals surface area contributed by atoms with Gasteiger partial charge in [0.05, 0.1) is 4.92 Å². The van der Waals surface area contributed by atoms with E-state index in [1.165, 1.54) is 23.8 Å². The van der Waals surface area contributed by atoms with Crippen LogP contribution < -0.4 is 4.72 Å². The van der Waals surface area contributed by atoms with Crippen LogP contribution in [0, 0.1) is 10.1 Å². The van der Waals surface area contributed by atoms with E-state index >= 15 is 0 Å². The molecule has 0 aliphatic carbocycles. The number of hydrogen-bond donors (Lipinski definition) is 1. The molecular weight excluding hydrogens is 364 g/mol. The minimum Gasteiger partial charge on any atom is -0.283 e. The van der Waals surface area contributed by atoms with Crippen LogP contribution in [0.5, 0.6) is 0 Å². The first-order valence-corrected chi connectivity index (χ1v) is 9.94. The summed E-state index contributed by atoms with van der Waals surface area (Å²) in [5.74, 6) is -0.462. The maximum atomic E-state index is 12.4. The van der Waals surface area contributed by atoms with Crippen LogP contribution in [0.25, 0.3) is 0 Å². The van der Waals surface area contributed by atoms with E-state index in [1.807, 2.05) is 42.5 Å². The highest BCUT2D eigenvalue weighted by Gasteiger charge is 2.19. The molecule has 0 bridgehead atoms. The van der Waals surface area contributed by atoms with Gasteiger partial charge in [0.1, 0.15) is 5.75 Å². The molecule has 0 spiro atoms. The van der Waals surface area contributed by atoms with Crippen molar-refractivity contribution in [3.8, 4) is 0 Å². The molecule has 0 atom stereocenters. The summed E-state index contributed by atoms with van der Waals surface area (Å²) in [6, 6.07) is 22.9. The van der Waals surface area contributed by atoms with Crippen LogP contribution in [-0.4, -0.2) is 13.3 Å². The Hall–Kier alpha value is -3.19. The third-order valence-corrected chi connectivity index (χ3v) is 5.25. The second-order valence-corrected chi connectivity index (χ2v) is 7.83. The number of sulfonamides is 1. The third-order valence-electron chi connectivity index (χ3n) is 4.01. The highest BCUT2D eigenvalue weighted by atomic mass is 32.2. The molecule has 0 radical (unpaired) electrons. The predicted molar refractivity (Wildman–Crippen MR) is 105 cm³/mol. The minimum atomic E-state index is -3.77. The van der Waals surface area contributed by atoms with Gasteiger partial charge in [-0.15, -0.1) is 0 Å². The van der Waals surface area contributed by atoms with Crippen molar-refractivity contribution >= 4 is 21.4 Å². The van der Waals surface area contributed by atoms with E-state index in [1.54, 1.807) is 18.2 Å². The number of anilines is 1. The fourth-order valence-electron chi connectivity index (χ4n) is 2.75. The van der Waals surface area contributed by atoms with Gasteiger partial charge in [0.2, 0.25) is 10.0 Å². The van der Waals surface area contributed by atoms with Crippen molar-refractivity contribution < 1.29 is 13.3 Å². The summed E-state index contributed by atoms with van der Waals surface area (Å²) in [4.78, 5) is 10.5. The number of rotatable bonds is 7. The monoisotopic (exact) mass is 382 g/mol. The third kappa shape index (κ3) is 5.15. The van der Waals surface area contributed by atoms with E-state index in [2.05, 4.69) is 4.72 Å². The second-order valence-electron chi connectivity index (χ2n) is 6.11. The number of benzene rings is 3. The Balaban J connectivity index is 1.70. The van der Waals surface area contributed by atoms with E-state index in [9.17, 15) is 18.5 Å². The Morgan fingerprint density at radius 2 is 1.41 bits per heavy atom. The van der Waals surface area contributed by atoms with Crippen molar-refractivity contribution in [2.24, 2.45) is 0 Å². The highest BCUT2D eigenvalue weighted by Crippen LogP contribution is 2.22. The zero-order valence-corrected chi connectivity index (χ0v) is 15.2. The van der Waals surface area contributed by atoms with E-state index in [0.29, 0.717) is 5.69 Å². The number of nitrogens with zero attached hydrogens (tertiary/aromatic N) is 1. The maximum Gasteiger partial charge on any atom is 0.273 e. The van der Waals surface area contributed by atoms with Crippen LogP contribution in [-0.2, 0) is 22.2 Å². The molecule has 7 heteroatoms. The van der Waals surface area contributed by atoms with Gasteiger partial charge in [-0.1, -0.05) is 60.7 Å². The molecule has 3 aromatic carbocycles. The summed E-state index contributed by atoms with van der Waals surface area (Å²) >= 11 is 0. The van der Waals surface area contributed by atoms with Crippen molar-refractivity contribution in [1.29, 1.82) is 0 Å². The first-order chi connectivity index (χ1) is 12.9. The number of para-hydroxylation sites is 1. The summed E-state index contributed by atoms with van der Waals surface area (Å²) in [5, 5.41) is 11.0. The van der Waals surface area contributed by atoms with Gasteiger partial charge in [-0.3, -0.25) is 14.8 Å². The van der Waals surface area contributed by atoms with Gasteiger partial charge >= 0.3 is 0 Å². The maximum absolute atomic E-state index is 12.4. The van der Waals surface area contributed by atoms with Crippen LogP contribution in [0.2, 0.25) is 0 Å². The van der Waals surface area contributed by atoms with Crippen LogP contribution in [0.1, 0.15) is 16.7 Å². The number of hydrogen-bond acceptors (Lipinski definition) is 4. The normalized spacial score (nSPS) is 11.1. The zero-order chi connectivity index (χ0) is 19.3. The number of nitro groups is 1. The quantitative estimate of drug-likeness (QED) is 0.491. The molecule has 1 N–H and O–H groups in total. The molecule has 3 aromatic rings. The molecule has 0 fully saturated rings. The lowest BCUT2D eigenvalue weighted by Crippen LogP contribution is -2.15. The van der Waals surface area contributed by atoms with Crippen molar-refractivity contribution in [3.63, 3.8) is 0 Å². The largest absolute Gasteiger partial charge is 0.283 e. The van der Waals surface area contributed by atoms with Gasteiger partial charge in [-0.2, -0.15) is 0 Å². The number of nitrogens with one attached hydrogen (secondary N) is 1. The first kappa shape index (κ1) is 18.6. The molecule has 27 heavy (non-hydrogen) atoms. The molecule has 0 heterocycles. The van der Waals surface area contributed by atoms with Crippen molar-refractivity contribution in [1.82, 2.24) is 0 Å². The van der Waals surface area contributed by atoms with Crippen LogP contribution >= 0.6 is 0 Å². The second kappa shape index (κ2) is 8.01. The lowest BCUT2D eigenvalue weighted by molar-refractivity contribution is -0.385. The molecule has 0 amide bonds. The Morgan fingerprint density at radius 3 is 2.07 bits per heavy atom. The van der Waals surface area contributed by atoms with Crippen molar-refractivity contribution in [3.05, 3.63) is 106 Å². The lowest BCUT2D eigenvalue weighted by atomic mass is 10.1. The van der Waals surface area contributed by atoms with Gasteiger partial charge in [-0.05, 0) is 29.7 Å². The summed E-state index contributed by atoms with van der Waals surface area (Å²) in [6.07, 6.45) is 0.754. The molecule has 0 aliphatic heterocycles. The smallest absolute Gasteiger partial charge is 0.273 e. The Kier molecular flexibility index (Phi) is 5.52. The molecule has 3 rings (SSSR count). The molecule has 138 valence electrons. The fourth-order valence-corrected chi connectivity index (χ4v) is 3.97. The average molecular weight is 382 g/mol. The summed E-state index contributed by atoms with van der Waals surface area (Å²) in [6.45, 7) is 0. The summed E-state index contributed by atoms with van der Waals surface area (Å²) in [7, 11) is -3.77. The first-order valence-electron chi connectivity index (χ1n) is 8.28. The molecule has 0 aromatic heterocycles. The lowest BCUT2D eigenvalue weighted by Gasteiger charge is -2.09. The minimum absolute atomic E-state index is 0.149. The predicted octanol–water partition coefficient (Wildman–Crippen LogP) is 4.13. The van der Waals surface area contributed by atoms with E-state index in [4.69, 9.17) is 0 Å². The fraction of sp³-hybridized carbons (Fsp3) is 0.100. The molecule has 6 nitrogen and oxygen atoms in total. The van der Waals surface area contributed by atoms with E-state index in [0.717, 1.165) is 12.0 Å². The van der Waals surface area contributed by atoms with Crippen LogP contribution in [0.15, 0.2) is 78.9 Å². The molecule has 0 unspecified atom stereocenters. The number of nitro benzene ring substituents is 1. The summed E-state index contributed by atoms with van der Waals surface area (Å²) in [5.41, 5.74) is 2.59. The van der Waals surface area contributed by atoms with Gasteiger partial charge in [-0.25, -0.2) is 8.42 Å². The Bertz CT molecular complexity index is 1030. The Morgan fingerprint density at radius 1 is 0.815 bits per heavy atom. The van der Waals surface area contributed by atoms with Crippen molar-refractivity contribution in [2.75, 3.05) is 4.72 Å². The molecule has 0 saturated heterocycles. The van der Waals surface area contributed by atoms with Crippen LogP contribution in [0.3, 0.4) is 0 Å². The van der Waals surface area contributed by atoms with Gasteiger partial charge in [0, 0.05) is 17.3 Å². The SMILES string of the molecule is O=[N+]([O-])c1ccccc1CS(=O)(=O)Nc1ccc(Cc2ccccc2)cc1. The van der Waals surface area contributed by atoms with Crippen LogP contribution in [0.4, 0.5) is 11.4 Å². The Labute approximate surface area is 157 Å².